The van der Waals surface area contributed by atoms with Crippen LogP contribution in [0.4, 0.5) is 0 Å². The highest BCUT2D eigenvalue weighted by Gasteiger charge is 2.31. The molecule has 1 aliphatic heterocycles. The first-order valence-corrected chi connectivity index (χ1v) is 5.84. The number of nitrogens with two attached hydrogens (primary N) is 1. The van der Waals surface area contributed by atoms with Crippen LogP contribution in [0.15, 0.2) is 30.9 Å². The largest absolute Gasteiger partial charge is 0.489 e. The monoisotopic (exact) mass is 233 g/mol. The predicted molar refractivity (Wildman–Crippen MR) is 68.4 cm³/mol. The molecule has 3 heteroatoms. The second-order valence-corrected chi connectivity index (χ2v) is 4.97. The fourth-order valence-corrected chi connectivity index (χ4v) is 2.13. The summed E-state index contributed by atoms with van der Waals surface area (Å²) in [5.41, 5.74) is 6.97. The van der Waals surface area contributed by atoms with Gasteiger partial charge in [-0.1, -0.05) is 18.7 Å². The van der Waals surface area contributed by atoms with Crippen LogP contribution >= 0.6 is 0 Å². The van der Waals surface area contributed by atoms with Crippen molar-refractivity contribution in [2.75, 3.05) is 6.61 Å². The number of hydrogen-bond donors (Lipinski definition) is 1. The average molecular weight is 233 g/mol. The minimum Gasteiger partial charge on any atom is -0.489 e. The summed E-state index contributed by atoms with van der Waals surface area (Å²) in [5.74, 6) is 1.61. The summed E-state index contributed by atoms with van der Waals surface area (Å²) in [6.07, 6.45) is 2.54. The number of benzene rings is 1. The van der Waals surface area contributed by atoms with E-state index in [0.29, 0.717) is 6.61 Å². The van der Waals surface area contributed by atoms with E-state index < -0.39 is 0 Å². The number of ether oxygens (including phenoxy) is 2. The van der Waals surface area contributed by atoms with E-state index >= 15 is 0 Å². The fraction of sp³-hybridized carbons (Fsp3) is 0.429. The van der Waals surface area contributed by atoms with Gasteiger partial charge in [0.15, 0.2) is 0 Å². The van der Waals surface area contributed by atoms with Crippen LogP contribution in [-0.4, -0.2) is 12.2 Å². The van der Waals surface area contributed by atoms with Gasteiger partial charge in [-0.25, -0.2) is 0 Å². The Kier molecular flexibility index (Phi) is 3.11. The molecule has 0 radical (unpaired) electrons. The molecular formula is C14H19NO2. The van der Waals surface area contributed by atoms with E-state index in [9.17, 15) is 0 Å². The molecule has 0 amide bonds. The summed E-state index contributed by atoms with van der Waals surface area (Å²) in [6, 6.07) is 5.83. The van der Waals surface area contributed by atoms with Gasteiger partial charge in [0.25, 0.3) is 0 Å². The molecule has 0 fully saturated rings. The Bertz CT molecular complexity index is 426. The number of rotatable bonds is 3. The van der Waals surface area contributed by atoms with E-state index in [4.69, 9.17) is 15.2 Å². The van der Waals surface area contributed by atoms with Crippen LogP contribution in [0.5, 0.6) is 11.5 Å². The molecule has 1 aromatic rings. The smallest absolute Gasteiger partial charge is 0.128 e. The van der Waals surface area contributed by atoms with Gasteiger partial charge in [-0.2, -0.15) is 0 Å². The molecule has 17 heavy (non-hydrogen) atoms. The lowest BCUT2D eigenvalue weighted by atomic mass is 9.90. The lowest BCUT2D eigenvalue weighted by Gasteiger charge is -2.36. The Balaban J connectivity index is 2.28. The molecule has 0 aromatic heterocycles. The third kappa shape index (κ3) is 2.61. The van der Waals surface area contributed by atoms with Crippen LogP contribution in [0.3, 0.4) is 0 Å². The van der Waals surface area contributed by atoms with Crippen molar-refractivity contribution < 1.29 is 9.47 Å². The molecule has 1 atom stereocenters. The Labute approximate surface area is 102 Å². The van der Waals surface area contributed by atoms with Crippen LogP contribution in [0.25, 0.3) is 0 Å². The maximum absolute atomic E-state index is 6.14. The summed E-state index contributed by atoms with van der Waals surface area (Å²) in [4.78, 5) is 0. The number of hydrogen-bond acceptors (Lipinski definition) is 3. The van der Waals surface area contributed by atoms with Gasteiger partial charge >= 0.3 is 0 Å². The lowest BCUT2D eigenvalue weighted by molar-refractivity contribution is 0.0725. The van der Waals surface area contributed by atoms with Gasteiger partial charge in [0.05, 0.1) is 0 Å². The first-order chi connectivity index (χ1) is 8.02. The normalized spacial score (nSPS) is 21.2. The van der Waals surface area contributed by atoms with Gasteiger partial charge in [-0.15, -0.1) is 0 Å². The molecule has 0 saturated heterocycles. The third-order valence-electron chi connectivity index (χ3n) is 2.85. The molecule has 0 bridgehead atoms. The maximum Gasteiger partial charge on any atom is 0.128 e. The zero-order valence-electron chi connectivity index (χ0n) is 10.4. The zero-order chi connectivity index (χ0) is 12.5. The van der Waals surface area contributed by atoms with Gasteiger partial charge in [-0.3, -0.25) is 0 Å². The van der Waals surface area contributed by atoms with Crippen LogP contribution in [0, 0.1) is 0 Å². The van der Waals surface area contributed by atoms with Crippen LogP contribution in [0.1, 0.15) is 31.9 Å². The minimum atomic E-state index is -0.219. The van der Waals surface area contributed by atoms with E-state index in [0.717, 1.165) is 23.5 Å². The van der Waals surface area contributed by atoms with Crippen molar-refractivity contribution in [2.24, 2.45) is 5.73 Å². The second kappa shape index (κ2) is 4.41. The summed E-state index contributed by atoms with van der Waals surface area (Å²) in [5, 5.41) is 0. The summed E-state index contributed by atoms with van der Waals surface area (Å²) in [7, 11) is 0. The van der Waals surface area contributed by atoms with Crippen LogP contribution in [0.2, 0.25) is 0 Å². The highest BCUT2D eigenvalue weighted by molar-refractivity contribution is 5.44. The molecule has 1 aromatic carbocycles. The topological polar surface area (TPSA) is 44.5 Å². The standard InChI is InChI=1S/C14H19NO2/c1-4-7-16-10-5-6-11-12(15)9-14(2,3)17-13(11)8-10/h4-6,8,12H,1,7,9,15H2,2-3H3. The summed E-state index contributed by atoms with van der Waals surface area (Å²) in [6.45, 7) is 8.21. The molecule has 3 nitrogen and oxygen atoms in total. The molecule has 2 N–H and O–H groups in total. The van der Waals surface area contributed by atoms with Crippen molar-refractivity contribution in [1.29, 1.82) is 0 Å². The van der Waals surface area contributed by atoms with Gasteiger partial charge in [-0.05, 0) is 19.9 Å². The summed E-state index contributed by atoms with van der Waals surface area (Å²) >= 11 is 0. The minimum absolute atomic E-state index is 0.0298. The van der Waals surface area contributed by atoms with E-state index in [-0.39, 0.29) is 11.6 Å². The van der Waals surface area contributed by atoms with Crippen molar-refractivity contribution in [3.8, 4) is 11.5 Å². The molecule has 0 saturated carbocycles. The van der Waals surface area contributed by atoms with Crippen molar-refractivity contribution in [3.63, 3.8) is 0 Å². The Morgan fingerprint density at radius 1 is 1.59 bits per heavy atom. The van der Waals surface area contributed by atoms with Crippen molar-refractivity contribution >= 4 is 0 Å². The predicted octanol–water partition coefficient (Wildman–Crippen LogP) is 2.81. The van der Waals surface area contributed by atoms with E-state index in [1.165, 1.54) is 0 Å². The van der Waals surface area contributed by atoms with Gasteiger partial charge < -0.3 is 15.2 Å². The van der Waals surface area contributed by atoms with E-state index in [1.807, 2.05) is 32.0 Å². The molecule has 1 heterocycles. The quantitative estimate of drug-likeness (QED) is 0.816. The van der Waals surface area contributed by atoms with Gasteiger partial charge in [0, 0.05) is 24.1 Å². The Morgan fingerprint density at radius 3 is 3.06 bits per heavy atom. The van der Waals surface area contributed by atoms with Gasteiger partial charge in [0.1, 0.15) is 23.7 Å². The van der Waals surface area contributed by atoms with Gasteiger partial charge in [0.2, 0.25) is 0 Å². The molecule has 1 aliphatic rings. The average Bonchev–Trinajstić information content (AvgIpc) is 2.24. The second-order valence-electron chi connectivity index (χ2n) is 4.97. The van der Waals surface area contributed by atoms with Crippen molar-refractivity contribution in [3.05, 3.63) is 36.4 Å². The Morgan fingerprint density at radius 2 is 2.35 bits per heavy atom. The highest BCUT2D eigenvalue weighted by atomic mass is 16.5. The van der Waals surface area contributed by atoms with Crippen LogP contribution in [-0.2, 0) is 0 Å². The first kappa shape index (κ1) is 12.0. The zero-order valence-corrected chi connectivity index (χ0v) is 10.4. The molecule has 1 unspecified atom stereocenters. The van der Waals surface area contributed by atoms with Crippen molar-refractivity contribution in [2.45, 2.75) is 31.9 Å². The third-order valence-corrected chi connectivity index (χ3v) is 2.85. The SMILES string of the molecule is C=CCOc1ccc2c(c1)OC(C)(C)CC2N. The maximum atomic E-state index is 6.14. The van der Waals surface area contributed by atoms with Crippen LogP contribution < -0.4 is 15.2 Å². The fourth-order valence-electron chi connectivity index (χ4n) is 2.13. The van der Waals surface area contributed by atoms with E-state index in [1.54, 1.807) is 6.08 Å². The highest BCUT2D eigenvalue weighted by Crippen LogP contribution is 2.39. The first-order valence-electron chi connectivity index (χ1n) is 5.84. The number of fused-ring (bicyclic) bond motifs is 1. The van der Waals surface area contributed by atoms with E-state index in [2.05, 4.69) is 6.58 Å². The molecular weight excluding hydrogens is 214 g/mol. The Hall–Kier alpha value is -1.48. The molecule has 0 spiro atoms. The van der Waals surface area contributed by atoms with Crippen molar-refractivity contribution in [1.82, 2.24) is 0 Å². The summed E-state index contributed by atoms with van der Waals surface area (Å²) < 4.78 is 11.4. The molecule has 0 aliphatic carbocycles. The molecule has 92 valence electrons. The lowest BCUT2D eigenvalue weighted by Crippen LogP contribution is -2.37. The molecule has 2 rings (SSSR count).